The lowest BCUT2D eigenvalue weighted by molar-refractivity contribution is -0.117. The van der Waals surface area contributed by atoms with Gasteiger partial charge in [-0.25, -0.2) is 0 Å². The lowest BCUT2D eigenvalue weighted by Gasteiger charge is -2.33. The first kappa shape index (κ1) is 15.1. The Kier molecular flexibility index (Phi) is 4.69. The van der Waals surface area contributed by atoms with Crippen LogP contribution in [0.5, 0.6) is 0 Å². The molecule has 1 aromatic carbocycles. The predicted octanol–water partition coefficient (Wildman–Crippen LogP) is 2.47. The van der Waals surface area contributed by atoms with E-state index in [4.69, 9.17) is 23.2 Å². The molecule has 114 valence electrons. The number of fused-ring (bicyclic) bond motifs is 1. The van der Waals surface area contributed by atoms with E-state index in [0.717, 1.165) is 32.1 Å². The van der Waals surface area contributed by atoms with Gasteiger partial charge in [0.05, 0.1) is 17.3 Å². The third kappa shape index (κ3) is 3.69. The zero-order chi connectivity index (χ0) is 14.8. The van der Waals surface area contributed by atoms with E-state index in [-0.39, 0.29) is 5.91 Å². The molecule has 0 aromatic heterocycles. The number of hydrogen-bond donors (Lipinski definition) is 2. The van der Waals surface area contributed by atoms with Crippen LogP contribution in [0, 0.1) is 11.8 Å². The minimum Gasteiger partial charge on any atom is -0.324 e. The number of halogens is 2. The van der Waals surface area contributed by atoms with Crippen molar-refractivity contribution >= 4 is 34.8 Å². The van der Waals surface area contributed by atoms with Gasteiger partial charge in [0, 0.05) is 11.6 Å². The summed E-state index contributed by atoms with van der Waals surface area (Å²) in [5.74, 6) is 1.43. The Bertz CT molecular complexity index is 538. The highest BCUT2D eigenvalue weighted by atomic mass is 35.5. The fraction of sp³-hybridized carbons (Fsp3) is 0.533. The number of carbonyl (C=O) groups is 1. The molecule has 1 aromatic rings. The van der Waals surface area contributed by atoms with Gasteiger partial charge in [-0.15, -0.1) is 0 Å². The number of anilines is 1. The van der Waals surface area contributed by atoms with Gasteiger partial charge in [-0.3, -0.25) is 9.69 Å². The molecule has 2 fully saturated rings. The lowest BCUT2D eigenvalue weighted by atomic mass is 9.89. The van der Waals surface area contributed by atoms with Crippen LogP contribution in [-0.2, 0) is 4.79 Å². The van der Waals surface area contributed by atoms with E-state index in [1.807, 2.05) is 0 Å². The maximum absolute atomic E-state index is 12.2. The second-order valence-corrected chi connectivity index (χ2v) is 6.72. The Morgan fingerprint density at radius 1 is 1.33 bits per heavy atom. The maximum Gasteiger partial charge on any atom is 0.238 e. The summed E-state index contributed by atoms with van der Waals surface area (Å²) in [6, 6.07) is 5.07. The molecule has 0 saturated carbocycles. The molecule has 0 bridgehead atoms. The zero-order valence-corrected chi connectivity index (χ0v) is 13.3. The Hall–Kier alpha value is -0.810. The summed E-state index contributed by atoms with van der Waals surface area (Å²) < 4.78 is 0. The standard InChI is InChI=1S/C15H19Cl2N3O/c16-12-1-2-13(17)14(5-12)19-15(21)9-20-4-3-10-6-18-7-11(10)8-20/h1-2,5,10-11,18H,3-4,6-9H2,(H,19,21). The van der Waals surface area contributed by atoms with Crippen molar-refractivity contribution in [2.24, 2.45) is 11.8 Å². The van der Waals surface area contributed by atoms with Crippen molar-refractivity contribution < 1.29 is 4.79 Å². The Morgan fingerprint density at radius 2 is 2.14 bits per heavy atom. The quantitative estimate of drug-likeness (QED) is 0.896. The number of nitrogens with one attached hydrogen (secondary N) is 2. The van der Waals surface area contributed by atoms with Crippen molar-refractivity contribution in [2.75, 3.05) is 38.0 Å². The van der Waals surface area contributed by atoms with Gasteiger partial charge >= 0.3 is 0 Å². The van der Waals surface area contributed by atoms with Crippen LogP contribution in [0.3, 0.4) is 0 Å². The molecular formula is C15H19Cl2N3O. The summed E-state index contributed by atoms with van der Waals surface area (Å²) in [7, 11) is 0. The second-order valence-electron chi connectivity index (χ2n) is 5.87. The highest BCUT2D eigenvalue weighted by Crippen LogP contribution is 2.27. The van der Waals surface area contributed by atoms with Crippen molar-refractivity contribution in [3.05, 3.63) is 28.2 Å². The topological polar surface area (TPSA) is 44.4 Å². The molecule has 1 amide bonds. The van der Waals surface area contributed by atoms with Crippen LogP contribution in [0.2, 0.25) is 10.0 Å². The first-order valence-corrected chi connectivity index (χ1v) is 8.05. The Morgan fingerprint density at radius 3 is 3.00 bits per heavy atom. The number of hydrogen-bond acceptors (Lipinski definition) is 3. The normalized spacial score (nSPS) is 25.6. The van der Waals surface area contributed by atoms with E-state index in [2.05, 4.69) is 15.5 Å². The highest BCUT2D eigenvalue weighted by molar-refractivity contribution is 6.35. The maximum atomic E-state index is 12.2. The molecular weight excluding hydrogens is 309 g/mol. The molecule has 0 aliphatic carbocycles. The summed E-state index contributed by atoms with van der Waals surface area (Å²) in [6.45, 7) is 4.59. The van der Waals surface area contributed by atoms with Crippen molar-refractivity contribution in [3.8, 4) is 0 Å². The van der Waals surface area contributed by atoms with Crippen LogP contribution in [-0.4, -0.2) is 43.5 Å². The summed E-state index contributed by atoms with van der Waals surface area (Å²) in [4.78, 5) is 14.4. The van der Waals surface area contributed by atoms with Gasteiger partial charge in [0.2, 0.25) is 5.91 Å². The van der Waals surface area contributed by atoms with Crippen LogP contribution in [0.1, 0.15) is 6.42 Å². The molecule has 2 saturated heterocycles. The van der Waals surface area contributed by atoms with Gasteiger partial charge in [0.25, 0.3) is 0 Å². The number of benzene rings is 1. The van der Waals surface area contributed by atoms with E-state index in [1.165, 1.54) is 6.42 Å². The average molecular weight is 328 g/mol. The van der Waals surface area contributed by atoms with Crippen LogP contribution >= 0.6 is 23.2 Å². The summed E-state index contributed by atoms with van der Waals surface area (Å²) in [5.41, 5.74) is 0.576. The molecule has 2 heterocycles. The third-order valence-corrected chi connectivity index (χ3v) is 4.92. The molecule has 3 rings (SSSR count). The minimum atomic E-state index is -0.0384. The monoisotopic (exact) mass is 327 g/mol. The van der Waals surface area contributed by atoms with Crippen molar-refractivity contribution in [1.29, 1.82) is 0 Å². The smallest absolute Gasteiger partial charge is 0.238 e. The van der Waals surface area contributed by atoms with Crippen LogP contribution in [0.25, 0.3) is 0 Å². The van der Waals surface area contributed by atoms with Crippen molar-refractivity contribution in [3.63, 3.8) is 0 Å². The predicted molar refractivity (Wildman–Crippen MR) is 86.0 cm³/mol. The van der Waals surface area contributed by atoms with Gasteiger partial charge in [0.1, 0.15) is 0 Å². The second kappa shape index (κ2) is 6.53. The number of rotatable bonds is 3. The van der Waals surface area contributed by atoms with Gasteiger partial charge in [-0.2, -0.15) is 0 Å². The number of likely N-dealkylation sites (tertiary alicyclic amines) is 1. The number of nitrogens with zero attached hydrogens (tertiary/aromatic N) is 1. The molecule has 0 radical (unpaired) electrons. The molecule has 2 atom stereocenters. The average Bonchev–Trinajstić information content (AvgIpc) is 2.90. The number of amides is 1. The Labute approximate surface area is 134 Å². The molecule has 2 unspecified atom stereocenters. The summed E-state index contributed by atoms with van der Waals surface area (Å²) >= 11 is 12.0. The largest absolute Gasteiger partial charge is 0.324 e. The van der Waals surface area contributed by atoms with E-state index >= 15 is 0 Å². The molecule has 4 nitrogen and oxygen atoms in total. The summed E-state index contributed by atoms with van der Waals surface area (Å²) in [5, 5.41) is 7.35. The minimum absolute atomic E-state index is 0.0384. The molecule has 0 spiro atoms. The molecule has 2 aliphatic rings. The Balaban J connectivity index is 1.55. The van der Waals surface area contributed by atoms with E-state index in [0.29, 0.717) is 28.2 Å². The SMILES string of the molecule is O=C(CN1CCC2CNCC2C1)Nc1cc(Cl)ccc1Cl. The van der Waals surface area contributed by atoms with Gasteiger partial charge in [0.15, 0.2) is 0 Å². The van der Waals surface area contributed by atoms with Crippen LogP contribution in [0.15, 0.2) is 18.2 Å². The van der Waals surface area contributed by atoms with Crippen molar-refractivity contribution in [2.45, 2.75) is 6.42 Å². The fourth-order valence-corrected chi connectivity index (χ4v) is 3.58. The molecule has 6 heteroatoms. The van der Waals surface area contributed by atoms with E-state index < -0.39 is 0 Å². The highest BCUT2D eigenvalue weighted by Gasteiger charge is 2.33. The van der Waals surface area contributed by atoms with Crippen molar-refractivity contribution in [1.82, 2.24) is 10.2 Å². The number of piperidine rings is 1. The zero-order valence-electron chi connectivity index (χ0n) is 11.7. The van der Waals surface area contributed by atoms with Gasteiger partial charge in [-0.05, 0) is 56.1 Å². The van der Waals surface area contributed by atoms with E-state index in [9.17, 15) is 4.79 Å². The van der Waals surface area contributed by atoms with Gasteiger partial charge in [-0.1, -0.05) is 23.2 Å². The number of carbonyl (C=O) groups excluding carboxylic acids is 1. The first-order valence-electron chi connectivity index (χ1n) is 7.30. The summed E-state index contributed by atoms with van der Waals surface area (Å²) in [6.07, 6.45) is 1.17. The van der Waals surface area contributed by atoms with Crippen LogP contribution in [0.4, 0.5) is 5.69 Å². The fourth-order valence-electron chi connectivity index (χ4n) is 3.24. The third-order valence-electron chi connectivity index (χ3n) is 4.36. The lowest BCUT2D eigenvalue weighted by Crippen LogP contribution is -2.43. The first-order chi connectivity index (χ1) is 10.1. The van der Waals surface area contributed by atoms with E-state index in [1.54, 1.807) is 18.2 Å². The molecule has 2 N–H and O–H groups in total. The molecule has 2 aliphatic heterocycles. The molecule has 21 heavy (non-hydrogen) atoms. The van der Waals surface area contributed by atoms with Crippen LogP contribution < -0.4 is 10.6 Å². The van der Waals surface area contributed by atoms with Gasteiger partial charge < -0.3 is 10.6 Å².